The molecule has 0 atom stereocenters. The van der Waals surface area contributed by atoms with Crippen molar-refractivity contribution in [2.24, 2.45) is 0 Å². The first-order valence-corrected chi connectivity index (χ1v) is 4.59. The Kier molecular flexibility index (Phi) is 3.43. The van der Waals surface area contributed by atoms with Crippen molar-refractivity contribution in [1.82, 2.24) is 9.97 Å². The molecule has 0 unspecified atom stereocenters. The maximum atomic E-state index is 11.6. The van der Waals surface area contributed by atoms with Crippen LogP contribution in [0, 0.1) is 6.92 Å². The van der Waals surface area contributed by atoms with Gasteiger partial charge < -0.3 is 15.8 Å². The van der Waals surface area contributed by atoms with Crippen LogP contribution in [-0.4, -0.2) is 29.6 Å². The lowest BCUT2D eigenvalue weighted by Gasteiger charge is -2.10. The topological polar surface area (TPSA) is 90.1 Å². The van der Waals surface area contributed by atoms with Gasteiger partial charge in [0.1, 0.15) is 11.4 Å². The van der Waals surface area contributed by atoms with E-state index in [1.165, 1.54) is 0 Å². The van der Waals surface area contributed by atoms with Crippen LogP contribution in [0.2, 0.25) is 0 Å². The standard InChI is InChI=1S/C9H14N4O2/c1-4-15-8(14)6-5(2)12-9(10)13-7(6)11-3/h4H2,1-3H3,(H3,10,11,12,13). The lowest BCUT2D eigenvalue weighted by Crippen LogP contribution is -2.14. The molecule has 0 bridgehead atoms. The van der Waals surface area contributed by atoms with Crippen LogP contribution >= 0.6 is 0 Å². The van der Waals surface area contributed by atoms with Crippen LogP contribution in [0.25, 0.3) is 0 Å². The Labute approximate surface area is 87.9 Å². The summed E-state index contributed by atoms with van der Waals surface area (Å²) in [5.74, 6) is 0.0719. The molecule has 0 saturated carbocycles. The molecule has 0 fully saturated rings. The highest BCUT2D eigenvalue weighted by Gasteiger charge is 2.18. The Balaban J connectivity index is 3.20. The third kappa shape index (κ3) is 2.34. The highest BCUT2D eigenvalue weighted by molar-refractivity contribution is 5.95. The lowest BCUT2D eigenvalue weighted by molar-refractivity contribution is 0.0526. The molecule has 0 radical (unpaired) electrons. The number of carbonyl (C=O) groups excluding carboxylic acids is 1. The third-order valence-electron chi connectivity index (χ3n) is 1.82. The minimum absolute atomic E-state index is 0.130. The zero-order valence-corrected chi connectivity index (χ0v) is 9.00. The number of aryl methyl sites for hydroxylation is 1. The van der Waals surface area contributed by atoms with E-state index in [0.717, 1.165) is 0 Å². The molecule has 0 aliphatic carbocycles. The van der Waals surface area contributed by atoms with Crippen molar-refractivity contribution in [1.29, 1.82) is 0 Å². The van der Waals surface area contributed by atoms with Gasteiger partial charge in [-0.2, -0.15) is 4.98 Å². The number of nitrogens with one attached hydrogen (secondary N) is 1. The number of rotatable bonds is 3. The fraction of sp³-hybridized carbons (Fsp3) is 0.444. The van der Waals surface area contributed by atoms with E-state index in [1.807, 2.05) is 0 Å². The fourth-order valence-electron chi connectivity index (χ4n) is 1.22. The summed E-state index contributed by atoms with van der Waals surface area (Å²) >= 11 is 0. The molecule has 0 aliphatic heterocycles. The molecule has 6 nitrogen and oxygen atoms in total. The van der Waals surface area contributed by atoms with Gasteiger partial charge in [-0.25, -0.2) is 9.78 Å². The molecule has 1 heterocycles. The van der Waals surface area contributed by atoms with Crippen molar-refractivity contribution in [3.05, 3.63) is 11.3 Å². The van der Waals surface area contributed by atoms with Crippen LogP contribution in [-0.2, 0) is 4.74 Å². The van der Waals surface area contributed by atoms with Crippen molar-refractivity contribution in [2.45, 2.75) is 13.8 Å². The van der Waals surface area contributed by atoms with Gasteiger partial charge in [0.25, 0.3) is 0 Å². The number of nitrogens with zero attached hydrogens (tertiary/aromatic N) is 2. The first-order valence-electron chi connectivity index (χ1n) is 4.59. The summed E-state index contributed by atoms with van der Waals surface area (Å²) in [4.78, 5) is 19.4. The van der Waals surface area contributed by atoms with Crippen molar-refractivity contribution in [3.63, 3.8) is 0 Å². The number of ether oxygens (including phenoxy) is 1. The Morgan fingerprint density at radius 2 is 2.20 bits per heavy atom. The maximum Gasteiger partial charge on any atom is 0.343 e. The Hall–Kier alpha value is -1.85. The van der Waals surface area contributed by atoms with Gasteiger partial charge in [0.05, 0.1) is 12.3 Å². The number of hydrogen-bond acceptors (Lipinski definition) is 6. The van der Waals surface area contributed by atoms with Crippen molar-refractivity contribution < 1.29 is 9.53 Å². The average molecular weight is 210 g/mol. The maximum absolute atomic E-state index is 11.6. The largest absolute Gasteiger partial charge is 0.462 e. The van der Waals surface area contributed by atoms with Gasteiger partial charge >= 0.3 is 5.97 Å². The summed E-state index contributed by atoms with van der Waals surface area (Å²) in [6.07, 6.45) is 0. The second-order valence-electron chi connectivity index (χ2n) is 2.86. The molecular formula is C9H14N4O2. The second kappa shape index (κ2) is 4.59. The van der Waals surface area contributed by atoms with Crippen molar-refractivity contribution in [3.8, 4) is 0 Å². The zero-order valence-electron chi connectivity index (χ0n) is 9.00. The molecule has 3 N–H and O–H groups in total. The van der Waals surface area contributed by atoms with E-state index in [9.17, 15) is 4.79 Å². The first-order chi connectivity index (χ1) is 7.10. The van der Waals surface area contributed by atoms with E-state index < -0.39 is 5.97 Å². The number of carbonyl (C=O) groups is 1. The van der Waals surface area contributed by atoms with Crippen LogP contribution in [0.1, 0.15) is 23.0 Å². The Bertz CT molecular complexity index is 379. The molecule has 1 aromatic rings. The average Bonchev–Trinajstić information content (AvgIpc) is 2.16. The summed E-state index contributed by atoms with van der Waals surface area (Å²) in [7, 11) is 1.66. The summed E-state index contributed by atoms with van der Waals surface area (Å²) in [5, 5.41) is 2.78. The Morgan fingerprint density at radius 1 is 1.53 bits per heavy atom. The van der Waals surface area contributed by atoms with E-state index in [2.05, 4.69) is 15.3 Å². The zero-order chi connectivity index (χ0) is 11.4. The smallest absolute Gasteiger partial charge is 0.343 e. The monoisotopic (exact) mass is 210 g/mol. The number of nitrogen functional groups attached to an aromatic ring is 1. The number of esters is 1. The highest BCUT2D eigenvalue weighted by Crippen LogP contribution is 2.17. The number of nitrogens with two attached hydrogens (primary N) is 1. The molecule has 1 rings (SSSR count). The quantitative estimate of drug-likeness (QED) is 0.709. The molecule has 0 spiro atoms. The van der Waals surface area contributed by atoms with Crippen molar-refractivity contribution in [2.75, 3.05) is 24.7 Å². The summed E-state index contributed by atoms with van der Waals surface area (Å²) < 4.78 is 4.89. The van der Waals surface area contributed by atoms with E-state index in [4.69, 9.17) is 10.5 Å². The van der Waals surface area contributed by atoms with Gasteiger partial charge in [-0.05, 0) is 13.8 Å². The van der Waals surface area contributed by atoms with E-state index >= 15 is 0 Å². The minimum atomic E-state index is -0.445. The van der Waals surface area contributed by atoms with Gasteiger partial charge in [-0.1, -0.05) is 0 Å². The van der Waals surface area contributed by atoms with E-state index in [1.54, 1.807) is 20.9 Å². The van der Waals surface area contributed by atoms with Crippen molar-refractivity contribution >= 4 is 17.7 Å². The van der Waals surface area contributed by atoms with Crippen LogP contribution in [0.5, 0.6) is 0 Å². The number of anilines is 2. The van der Waals surface area contributed by atoms with Crippen LogP contribution < -0.4 is 11.1 Å². The normalized spacial score (nSPS) is 9.80. The summed E-state index contributed by atoms with van der Waals surface area (Å²) in [5.41, 5.74) is 6.30. The van der Waals surface area contributed by atoms with Gasteiger partial charge in [0.15, 0.2) is 0 Å². The molecule has 0 aliphatic rings. The molecule has 15 heavy (non-hydrogen) atoms. The van der Waals surface area contributed by atoms with Crippen LogP contribution in [0.15, 0.2) is 0 Å². The SMILES string of the molecule is CCOC(=O)c1c(C)nc(N)nc1NC. The van der Waals surface area contributed by atoms with Crippen LogP contribution in [0.4, 0.5) is 11.8 Å². The molecule has 6 heteroatoms. The van der Waals surface area contributed by atoms with Gasteiger partial charge in [-0.15, -0.1) is 0 Å². The fourth-order valence-corrected chi connectivity index (χ4v) is 1.22. The summed E-state index contributed by atoms with van der Waals surface area (Å²) in [6, 6.07) is 0. The Morgan fingerprint density at radius 3 is 2.73 bits per heavy atom. The molecule has 82 valence electrons. The molecule has 0 amide bonds. The number of hydrogen-bond donors (Lipinski definition) is 2. The van der Waals surface area contributed by atoms with Gasteiger partial charge in [-0.3, -0.25) is 0 Å². The van der Waals surface area contributed by atoms with Gasteiger partial charge in [0, 0.05) is 7.05 Å². The molecule has 1 aromatic heterocycles. The number of aromatic nitrogens is 2. The highest BCUT2D eigenvalue weighted by atomic mass is 16.5. The third-order valence-corrected chi connectivity index (χ3v) is 1.82. The molecule has 0 saturated heterocycles. The van der Waals surface area contributed by atoms with Crippen LogP contribution in [0.3, 0.4) is 0 Å². The minimum Gasteiger partial charge on any atom is -0.462 e. The van der Waals surface area contributed by atoms with Gasteiger partial charge in [0.2, 0.25) is 5.95 Å². The second-order valence-corrected chi connectivity index (χ2v) is 2.86. The summed E-state index contributed by atoms with van der Waals surface area (Å²) in [6.45, 7) is 3.74. The lowest BCUT2D eigenvalue weighted by atomic mass is 10.2. The predicted molar refractivity (Wildman–Crippen MR) is 56.7 cm³/mol. The van der Waals surface area contributed by atoms with E-state index in [0.29, 0.717) is 23.7 Å². The first kappa shape index (κ1) is 11.2. The molecule has 0 aromatic carbocycles. The molecular weight excluding hydrogens is 196 g/mol. The van der Waals surface area contributed by atoms with E-state index in [-0.39, 0.29) is 5.95 Å². The predicted octanol–water partition coefficient (Wildman–Crippen LogP) is 0.586.